The molecule has 2 aliphatic rings. The lowest BCUT2D eigenvalue weighted by atomic mass is 10.1. The van der Waals surface area contributed by atoms with Gasteiger partial charge in [-0.1, -0.05) is 6.07 Å². The molecule has 0 unspecified atom stereocenters. The Balaban J connectivity index is 1.43. The van der Waals surface area contributed by atoms with Gasteiger partial charge in [-0.2, -0.15) is 0 Å². The number of fused-ring (bicyclic) bond motifs is 1. The molecule has 130 valence electrons. The fraction of sp³-hybridized carbons (Fsp3) is 0.529. The second kappa shape index (κ2) is 7.53. The minimum Gasteiger partial charge on any atom is -0.454 e. The van der Waals surface area contributed by atoms with E-state index in [1.54, 1.807) is 12.0 Å². The van der Waals surface area contributed by atoms with Crippen LogP contribution >= 0.6 is 0 Å². The Labute approximate surface area is 140 Å². The molecule has 24 heavy (non-hydrogen) atoms. The first-order chi connectivity index (χ1) is 11.7. The Morgan fingerprint density at radius 2 is 2.21 bits per heavy atom. The summed E-state index contributed by atoms with van der Waals surface area (Å²) in [5.41, 5.74) is 1.07. The number of amides is 2. The second-order valence-corrected chi connectivity index (χ2v) is 5.96. The Hall–Kier alpha value is -2.28. The highest BCUT2D eigenvalue weighted by Crippen LogP contribution is 2.32. The van der Waals surface area contributed by atoms with Crippen molar-refractivity contribution in [3.63, 3.8) is 0 Å². The average Bonchev–Trinajstić information content (AvgIpc) is 3.19. The van der Waals surface area contributed by atoms with Crippen LogP contribution in [-0.4, -0.2) is 56.9 Å². The number of nitrogens with one attached hydrogen (secondary N) is 1. The minimum absolute atomic E-state index is 0.0166. The highest BCUT2D eigenvalue weighted by molar-refractivity contribution is 5.89. The van der Waals surface area contributed by atoms with E-state index in [1.807, 2.05) is 18.2 Å². The smallest absolute Gasteiger partial charge is 0.231 e. The molecule has 0 spiro atoms. The Bertz CT molecular complexity index is 619. The van der Waals surface area contributed by atoms with Crippen molar-refractivity contribution >= 4 is 11.8 Å². The van der Waals surface area contributed by atoms with Crippen molar-refractivity contribution in [1.29, 1.82) is 0 Å². The highest BCUT2D eigenvalue weighted by atomic mass is 16.7. The molecule has 0 bridgehead atoms. The van der Waals surface area contributed by atoms with Crippen LogP contribution in [0.25, 0.3) is 0 Å². The van der Waals surface area contributed by atoms with Crippen molar-refractivity contribution < 1.29 is 23.8 Å². The fourth-order valence-corrected chi connectivity index (χ4v) is 2.94. The van der Waals surface area contributed by atoms with Gasteiger partial charge in [0.25, 0.3) is 0 Å². The largest absolute Gasteiger partial charge is 0.454 e. The zero-order chi connectivity index (χ0) is 16.9. The van der Waals surface area contributed by atoms with Gasteiger partial charge in [0.2, 0.25) is 18.6 Å². The third kappa shape index (κ3) is 3.79. The van der Waals surface area contributed by atoms with E-state index in [4.69, 9.17) is 14.2 Å². The molecule has 0 radical (unpaired) electrons. The second-order valence-electron chi connectivity index (χ2n) is 5.96. The lowest BCUT2D eigenvalue weighted by molar-refractivity contribution is -0.129. The van der Waals surface area contributed by atoms with Crippen LogP contribution in [0.2, 0.25) is 0 Å². The number of nitrogens with zero attached hydrogens (tertiary/aromatic N) is 1. The van der Waals surface area contributed by atoms with E-state index in [0.717, 1.165) is 17.1 Å². The molecule has 1 aromatic rings. The van der Waals surface area contributed by atoms with Crippen LogP contribution in [-0.2, 0) is 20.7 Å². The predicted molar refractivity (Wildman–Crippen MR) is 85.8 cm³/mol. The molecule has 0 aliphatic carbocycles. The predicted octanol–water partition coefficient (Wildman–Crippen LogP) is 0.569. The van der Waals surface area contributed by atoms with Crippen LogP contribution in [0.15, 0.2) is 18.2 Å². The normalized spacial score (nSPS) is 19.0. The topological polar surface area (TPSA) is 77.1 Å². The summed E-state index contributed by atoms with van der Waals surface area (Å²) in [7, 11) is 1.60. The summed E-state index contributed by atoms with van der Waals surface area (Å²) < 4.78 is 15.6. The molecule has 2 heterocycles. The van der Waals surface area contributed by atoms with Crippen molar-refractivity contribution in [2.45, 2.75) is 12.8 Å². The molecule has 3 rings (SSSR count). The van der Waals surface area contributed by atoms with Crippen molar-refractivity contribution in [2.75, 3.05) is 40.1 Å². The first-order valence-corrected chi connectivity index (χ1v) is 8.10. The molecule has 2 amide bonds. The maximum absolute atomic E-state index is 12.2. The summed E-state index contributed by atoms with van der Waals surface area (Å²) in [5, 5.41) is 2.92. The van der Waals surface area contributed by atoms with Gasteiger partial charge in [0, 0.05) is 33.2 Å². The molecule has 0 saturated carbocycles. The van der Waals surface area contributed by atoms with Crippen LogP contribution in [0.1, 0.15) is 12.0 Å². The number of carbonyl (C=O) groups is 2. The molecule has 1 atom stereocenters. The van der Waals surface area contributed by atoms with Gasteiger partial charge in [-0.15, -0.1) is 0 Å². The van der Waals surface area contributed by atoms with E-state index in [-0.39, 0.29) is 30.9 Å². The molecule has 7 heteroatoms. The number of hydrogen-bond donors (Lipinski definition) is 1. The van der Waals surface area contributed by atoms with Crippen LogP contribution in [0.4, 0.5) is 0 Å². The molecular formula is C17H22N2O5. The first kappa shape index (κ1) is 16.6. The highest BCUT2D eigenvalue weighted by Gasteiger charge is 2.33. The summed E-state index contributed by atoms with van der Waals surface area (Å²) in [4.78, 5) is 25.8. The monoisotopic (exact) mass is 334 g/mol. The number of carbonyl (C=O) groups excluding carboxylic acids is 2. The lowest BCUT2D eigenvalue weighted by Gasteiger charge is -2.15. The summed E-state index contributed by atoms with van der Waals surface area (Å²) in [6.45, 7) is 2.28. The summed E-state index contributed by atoms with van der Waals surface area (Å²) in [5.74, 6) is 1.18. The summed E-state index contributed by atoms with van der Waals surface area (Å²) in [6.07, 6.45) is 0.982. The van der Waals surface area contributed by atoms with Gasteiger partial charge >= 0.3 is 0 Å². The Morgan fingerprint density at radius 3 is 3.04 bits per heavy atom. The summed E-state index contributed by atoms with van der Waals surface area (Å²) in [6, 6.07) is 5.77. The zero-order valence-corrected chi connectivity index (χ0v) is 13.7. The SMILES string of the molecule is COCCN1C[C@@H](C(=O)NCCc2ccc3c(c2)OCO3)CC1=O. The van der Waals surface area contributed by atoms with Crippen molar-refractivity contribution in [2.24, 2.45) is 5.92 Å². The molecule has 0 aromatic heterocycles. The third-order valence-corrected chi connectivity index (χ3v) is 4.30. The minimum atomic E-state index is -0.272. The van der Waals surface area contributed by atoms with Gasteiger partial charge < -0.3 is 24.4 Å². The van der Waals surface area contributed by atoms with Crippen LogP contribution < -0.4 is 14.8 Å². The van der Waals surface area contributed by atoms with E-state index in [1.165, 1.54) is 0 Å². The van der Waals surface area contributed by atoms with E-state index in [9.17, 15) is 9.59 Å². The number of likely N-dealkylation sites (tertiary alicyclic amines) is 1. The molecule has 1 aromatic carbocycles. The number of methoxy groups -OCH3 is 1. The Morgan fingerprint density at radius 1 is 1.38 bits per heavy atom. The lowest BCUT2D eigenvalue weighted by Crippen LogP contribution is -2.34. The third-order valence-electron chi connectivity index (χ3n) is 4.30. The number of ether oxygens (including phenoxy) is 3. The summed E-state index contributed by atoms with van der Waals surface area (Å²) >= 11 is 0. The van der Waals surface area contributed by atoms with E-state index in [0.29, 0.717) is 32.7 Å². The Kier molecular flexibility index (Phi) is 5.20. The molecule has 1 saturated heterocycles. The van der Waals surface area contributed by atoms with Crippen molar-refractivity contribution in [3.05, 3.63) is 23.8 Å². The quantitative estimate of drug-likeness (QED) is 0.789. The van der Waals surface area contributed by atoms with Gasteiger partial charge in [-0.05, 0) is 24.1 Å². The van der Waals surface area contributed by atoms with Gasteiger partial charge in [0.1, 0.15) is 0 Å². The van der Waals surface area contributed by atoms with Crippen molar-refractivity contribution in [1.82, 2.24) is 10.2 Å². The van der Waals surface area contributed by atoms with Gasteiger partial charge in [-0.25, -0.2) is 0 Å². The standard InChI is InChI=1S/C17H22N2O5/c1-22-7-6-19-10-13(9-16(19)20)17(21)18-5-4-12-2-3-14-15(8-12)24-11-23-14/h2-3,8,13H,4-7,9-11H2,1H3,(H,18,21)/t13-/m0/s1. The van der Waals surface area contributed by atoms with E-state index in [2.05, 4.69) is 5.32 Å². The van der Waals surface area contributed by atoms with Crippen LogP contribution in [0.5, 0.6) is 11.5 Å². The number of benzene rings is 1. The van der Waals surface area contributed by atoms with E-state index < -0.39 is 0 Å². The van der Waals surface area contributed by atoms with Gasteiger partial charge in [0.05, 0.1) is 12.5 Å². The molecule has 1 N–H and O–H groups in total. The zero-order valence-electron chi connectivity index (χ0n) is 13.7. The maximum atomic E-state index is 12.2. The molecule has 7 nitrogen and oxygen atoms in total. The fourth-order valence-electron chi connectivity index (χ4n) is 2.94. The molecular weight excluding hydrogens is 312 g/mol. The average molecular weight is 334 g/mol. The van der Waals surface area contributed by atoms with Gasteiger partial charge in [-0.3, -0.25) is 9.59 Å². The maximum Gasteiger partial charge on any atom is 0.231 e. The van der Waals surface area contributed by atoms with E-state index >= 15 is 0 Å². The van der Waals surface area contributed by atoms with Crippen LogP contribution in [0, 0.1) is 5.92 Å². The first-order valence-electron chi connectivity index (χ1n) is 8.10. The van der Waals surface area contributed by atoms with Crippen molar-refractivity contribution in [3.8, 4) is 11.5 Å². The van der Waals surface area contributed by atoms with Gasteiger partial charge in [0.15, 0.2) is 11.5 Å². The molecule has 1 fully saturated rings. The molecule has 2 aliphatic heterocycles. The number of rotatable bonds is 7. The number of hydrogen-bond acceptors (Lipinski definition) is 5. The van der Waals surface area contributed by atoms with Crippen LogP contribution in [0.3, 0.4) is 0 Å².